The molecule has 0 aromatic heterocycles. The molecule has 1 aliphatic rings. The van der Waals surface area contributed by atoms with E-state index in [1.54, 1.807) is 0 Å². The highest BCUT2D eigenvalue weighted by atomic mass is 79.9. The minimum absolute atomic E-state index is 0.0590. The molecule has 0 spiro atoms. The predicted molar refractivity (Wildman–Crippen MR) is 64.1 cm³/mol. The van der Waals surface area contributed by atoms with Crippen molar-refractivity contribution < 1.29 is 9.53 Å². The highest BCUT2D eigenvalue weighted by molar-refractivity contribution is 9.09. The first kappa shape index (κ1) is 13.0. The normalized spacial score (nSPS) is 25.7. The molecular formula is C11H20BrNO2. The van der Waals surface area contributed by atoms with Crippen molar-refractivity contribution in [3.63, 3.8) is 0 Å². The van der Waals surface area contributed by atoms with Crippen LogP contribution in [0.25, 0.3) is 0 Å². The number of carbonyl (C=O) groups is 1. The van der Waals surface area contributed by atoms with Gasteiger partial charge in [0.25, 0.3) is 0 Å². The predicted octanol–water partition coefficient (Wildman–Crippen LogP) is 1.95. The molecule has 3 atom stereocenters. The molecule has 1 N–H and O–H groups in total. The van der Waals surface area contributed by atoms with Crippen molar-refractivity contribution in [1.29, 1.82) is 0 Å². The third-order valence-corrected chi connectivity index (χ3v) is 4.02. The third kappa shape index (κ3) is 4.11. The maximum atomic E-state index is 11.8. The molecule has 1 saturated heterocycles. The lowest BCUT2D eigenvalue weighted by molar-refractivity contribution is -0.129. The summed E-state index contributed by atoms with van der Waals surface area (Å²) < 4.78 is 5.30. The molecule has 88 valence electrons. The van der Waals surface area contributed by atoms with E-state index in [0.717, 1.165) is 24.8 Å². The number of hydrogen-bond acceptors (Lipinski definition) is 2. The number of halogens is 1. The second-order valence-electron chi connectivity index (χ2n) is 4.34. The first-order valence-electron chi connectivity index (χ1n) is 5.59. The van der Waals surface area contributed by atoms with Gasteiger partial charge in [0, 0.05) is 18.0 Å². The van der Waals surface area contributed by atoms with Gasteiger partial charge in [0.05, 0.1) is 12.5 Å². The summed E-state index contributed by atoms with van der Waals surface area (Å²) in [5.74, 6) is 0.664. The van der Waals surface area contributed by atoms with Crippen LogP contribution in [-0.2, 0) is 9.53 Å². The molecule has 0 aliphatic carbocycles. The molecule has 0 aromatic carbocycles. The lowest BCUT2D eigenvalue weighted by Crippen LogP contribution is -2.43. The molecule has 0 bridgehead atoms. The Bertz CT molecular complexity index is 205. The summed E-state index contributed by atoms with van der Waals surface area (Å²) in [6, 6.07) is 0.221. The van der Waals surface area contributed by atoms with Crippen LogP contribution >= 0.6 is 15.9 Å². The number of nitrogens with one attached hydrogen (secondary N) is 1. The molecule has 0 radical (unpaired) electrons. The van der Waals surface area contributed by atoms with E-state index in [2.05, 4.69) is 28.2 Å². The molecule has 3 nitrogen and oxygen atoms in total. The van der Waals surface area contributed by atoms with E-state index in [9.17, 15) is 4.79 Å². The Hall–Kier alpha value is -0.0900. The van der Waals surface area contributed by atoms with Gasteiger partial charge in [-0.05, 0) is 25.7 Å². The maximum absolute atomic E-state index is 11.8. The Morgan fingerprint density at radius 2 is 2.33 bits per heavy atom. The largest absolute Gasteiger partial charge is 0.381 e. The van der Waals surface area contributed by atoms with Crippen LogP contribution < -0.4 is 5.32 Å². The molecule has 0 aromatic rings. The standard InChI is InChI=1S/C11H20BrNO2/c1-8(6-12)9(2)13-11(14)10-4-3-5-15-7-10/h8-10H,3-7H2,1-2H3,(H,13,14). The highest BCUT2D eigenvalue weighted by Gasteiger charge is 2.23. The van der Waals surface area contributed by atoms with E-state index in [4.69, 9.17) is 4.74 Å². The van der Waals surface area contributed by atoms with Crippen LogP contribution in [0.5, 0.6) is 0 Å². The fraction of sp³-hybridized carbons (Fsp3) is 0.909. The van der Waals surface area contributed by atoms with Crippen LogP contribution in [-0.4, -0.2) is 30.5 Å². The zero-order chi connectivity index (χ0) is 11.3. The second-order valence-corrected chi connectivity index (χ2v) is 4.99. The van der Waals surface area contributed by atoms with Crippen LogP contribution in [0.4, 0.5) is 0 Å². The Morgan fingerprint density at radius 3 is 2.87 bits per heavy atom. The fourth-order valence-corrected chi connectivity index (χ4v) is 2.13. The van der Waals surface area contributed by atoms with Crippen LogP contribution in [0.2, 0.25) is 0 Å². The van der Waals surface area contributed by atoms with Gasteiger partial charge in [-0.2, -0.15) is 0 Å². The smallest absolute Gasteiger partial charge is 0.225 e. The van der Waals surface area contributed by atoms with Gasteiger partial charge in [0.15, 0.2) is 0 Å². The number of ether oxygens (including phenoxy) is 1. The number of alkyl halides is 1. The number of carbonyl (C=O) groups excluding carboxylic acids is 1. The first-order valence-corrected chi connectivity index (χ1v) is 6.71. The van der Waals surface area contributed by atoms with E-state index in [0.29, 0.717) is 12.5 Å². The van der Waals surface area contributed by atoms with E-state index in [1.807, 2.05) is 6.92 Å². The van der Waals surface area contributed by atoms with Gasteiger partial charge in [-0.15, -0.1) is 0 Å². The minimum atomic E-state index is 0.0590. The summed E-state index contributed by atoms with van der Waals surface area (Å²) in [6.07, 6.45) is 1.96. The quantitative estimate of drug-likeness (QED) is 0.798. The fourth-order valence-electron chi connectivity index (χ4n) is 1.57. The average molecular weight is 278 g/mol. The molecule has 1 aliphatic heterocycles. The zero-order valence-corrected chi connectivity index (χ0v) is 11.0. The lowest BCUT2D eigenvalue weighted by Gasteiger charge is -2.25. The number of rotatable bonds is 4. The van der Waals surface area contributed by atoms with Crippen molar-refractivity contribution in [2.24, 2.45) is 11.8 Å². The van der Waals surface area contributed by atoms with Crippen molar-refractivity contribution >= 4 is 21.8 Å². The number of hydrogen-bond donors (Lipinski definition) is 1. The molecule has 1 rings (SSSR count). The Labute approximate surface area is 100 Å². The Balaban J connectivity index is 2.33. The summed E-state index contributed by atoms with van der Waals surface area (Å²) in [6.45, 7) is 5.56. The average Bonchev–Trinajstić information content (AvgIpc) is 2.29. The summed E-state index contributed by atoms with van der Waals surface area (Å²) in [7, 11) is 0. The van der Waals surface area contributed by atoms with E-state index >= 15 is 0 Å². The summed E-state index contributed by atoms with van der Waals surface area (Å²) >= 11 is 3.43. The van der Waals surface area contributed by atoms with Crippen molar-refractivity contribution in [3.8, 4) is 0 Å². The van der Waals surface area contributed by atoms with Crippen LogP contribution in [0, 0.1) is 11.8 Å². The summed E-state index contributed by atoms with van der Waals surface area (Å²) in [5, 5.41) is 3.96. The highest BCUT2D eigenvalue weighted by Crippen LogP contribution is 2.14. The first-order chi connectivity index (χ1) is 7.15. The third-order valence-electron chi connectivity index (χ3n) is 3.00. The monoisotopic (exact) mass is 277 g/mol. The van der Waals surface area contributed by atoms with E-state index in [-0.39, 0.29) is 17.9 Å². The van der Waals surface area contributed by atoms with Crippen LogP contribution in [0.1, 0.15) is 26.7 Å². The Morgan fingerprint density at radius 1 is 1.60 bits per heavy atom. The molecule has 3 unspecified atom stereocenters. The summed E-state index contributed by atoms with van der Waals surface area (Å²) in [5.41, 5.74) is 0. The second kappa shape index (κ2) is 6.48. The van der Waals surface area contributed by atoms with Gasteiger partial charge < -0.3 is 10.1 Å². The van der Waals surface area contributed by atoms with Crippen molar-refractivity contribution in [2.45, 2.75) is 32.7 Å². The lowest BCUT2D eigenvalue weighted by atomic mass is 9.99. The molecule has 4 heteroatoms. The number of amides is 1. The molecule has 1 heterocycles. The SMILES string of the molecule is CC(CBr)C(C)NC(=O)C1CCCOC1. The van der Waals surface area contributed by atoms with E-state index in [1.165, 1.54) is 0 Å². The zero-order valence-electron chi connectivity index (χ0n) is 9.46. The van der Waals surface area contributed by atoms with Gasteiger partial charge in [-0.3, -0.25) is 4.79 Å². The molecule has 1 fully saturated rings. The Kier molecular flexibility index (Phi) is 5.61. The van der Waals surface area contributed by atoms with Gasteiger partial charge in [-0.25, -0.2) is 0 Å². The van der Waals surface area contributed by atoms with Crippen molar-refractivity contribution in [2.75, 3.05) is 18.5 Å². The summed E-state index contributed by atoms with van der Waals surface area (Å²) in [4.78, 5) is 11.8. The van der Waals surface area contributed by atoms with Gasteiger partial charge in [0.2, 0.25) is 5.91 Å². The van der Waals surface area contributed by atoms with Gasteiger partial charge in [0.1, 0.15) is 0 Å². The van der Waals surface area contributed by atoms with E-state index < -0.39 is 0 Å². The maximum Gasteiger partial charge on any atom is 0.225 e. The van der Waals surface area contributed by atoms with Gasteiger partial charge >= 0.3 is 0 Å². The molecule has 1 amide bonds. The van der Waals surface area contributed by atoms with Crippen LogP contribution in [0.15, 0.2) is 0 Å². The van der Waals surface area contributed by atoms with Gasteiger partial charge in [-0.1, -0.05) is 22.9 Å². The van der Waals surface area contributed by atoms with Crippen molar-refractivity contribution in [3.05, 3.63) is 0 Å². The minimum Gasteiger partial charge on any atom is -0.381 e. The molecule has 0 saturated carbocycles. The van der Waals surface area contributed by atoms with Crippen LogP contribution in [0.3, 0.4) is 0 Å². The van der Waals surface area contributed by atoms with Crippen molar-refractivity contribution in [1.82, 2.24) is 5.32 Å². The molecular weight excluding hydrogens is 258 g/mol. The topological polar surface area (TPSA) is 38.3 Å². The molecule has 15 heavy (non-hydrogen) atoms.